The molecule has 3 heterocycles. The van der Waals surface area contributed by atoms with E-state index in [1.165, 1.54) is 6.92 Å². The summed E-state index contributed by atoms with van der Waals surface area (Å²) in [6.45, 7) is 15.7. The van der Waals surface area contributed by atoms with E-state index in [0.29, 0.717) is 24.8 Å². The fourth-order valence-corrected chi connectivity index (χ4v) is 7.84. The van der Waals surface area contributed by atoms with Crippen LogP contribution in [0.1, 0.15) is 139 Å². The normalized spacial score (nSPS) is 30.3. The third-order valence-electron chi connectivity index (χ3n) is 11.5. The summed E-state index contributed by atoms with van der Waals surface area (Å²) >= 11 is 0. The molecule has 0 radical (unpaired) electrons. The Morgan fingerprint density at radius 1 is 0.906 bits per heavy atom. The summed E-state index contributed by atoms with van der Waals surface area (Å²) in [6.07, 6.45) is 14.5. The average molecular weight is 747 g/mol. The van der Waals surface area contributed by atoms with Crippen molar-refractivity contribution in [2.45, 2.75) is 181 Å². The molecular formula is C42H70N2O9. The zero-order valence-corrected chi connectivity index (χ0v) is 33.8. The topological polar surface area (TPSA) is 149 Å². The maximum atomic E-state index is 12.9. The molecule has 11 unspecified atom stereocenters. The van der Waals surface area contributed by atoms with Crippen LogP contribution in [0.5, 0.6) is 0 Å². The van der Waals surface area contributed by atoms with Crippen LogP contribution in [0.2, 0.25) is 0 Å². The Morgan fingerprint density at radius 3 is 2.36 bits per heavy atom. The largest absolute Gasteiger partial charge is 0.458 e. The zero-order chi connectivity index (χ0) is 39.1. The minimum atomic E-state index is -1.03. The van der Waals surface area contributed by atoms with Crippen LogP contribution < -0.4 is 10.6 Å². The van der Waals surface area contributed by atoms with Crippen molar-refractivity contribution in [3.8, 4) is 0 Å². The second-order valence-corrected chi connectivity index (χ2v) is 16.3. The van der Waals surface area contributed by atoms with Gasteiger partial charge in [0.2, 0.25) is 11.8 Å². The average Bonchev–Trinajstić information content (AvgIpc) is 3.10. The molecule has 302 valence electrons. The van der Waals surface area contributed by atoms with Crippen LogP contribution in [0.4, 0.5) is 0 Å². The van der Waals surface area contributed by atoms with E-state index in [1.54, 1.807) is 26.0 Å². The number of aliphatic hydroxyl groups is 1. The van der Waals surface area contributed by atoms with E-state index in [1.807, 2.05) is 20.8 Å². The maximum absolute atomic E-state index is 12.9. The number of rotatable bonds is 19. The molecule has 3 aliphatic heterocycles. The lowest BCUT2D eigenvalue weighted by atomic mass is 9.85. The molecule has 0 aromatic heterocycles. The smallest absolute Gasteiger partial charge is 0.303 e. The van der Waals surface area contributed by atoms with Crippen LogP contribution in [-0.4, -0.2) is 84.2 Å². The Hall–Kier alpha value is -2.60. The molecule has 3 aliphatic rings. The maximum Gasteiger partial charge on any atom is 0.303 e. The van der Waals surface area contributed by atoms with E-state index in [9.17, 15) is 24.3 Å². The lowest BCUT2D eigenvalue weighted by Gasteiger charge is -2.48. The first-order chi connectivity index (χ1) is 25.1. The summed E-state index contributed by atoms with van der Waals surface area (Å²) in [5.41, 5.74) is 1.06. The summed E-state index contributed by atoms with van der Waals surface area (Å²) in [5.74, 6) is -1.05. The number of ketones is 1. The number of amides is 2. The number of hydrogen-bond donors (Lipinski definition) is 3. The van der Waals surface area contributed by atoms with Crippen molar-refractivity contribution in [1.82, 2.24) is 10.6 Å². The minimum absolute atomic E-state index is 0.0192. The van der Waals surface area contributed by atoms with Gasteiger partial charge in [-0.15, -0.1) is 0 Å². The molecule has 0 aliphatic carbocycles. The Morgan fingerprint density at radius 2 is 1.64 bits per heavy atom. The van der Waals surface area contributed by atoms with Gasteiger partial charge in [-0.05, 0) is 108 Å². The zero-order valence-electron chi connectivity index (χ0n) is 33.8. The van der Waals surface area contributed by atoms with Gasteiger partial charge in [-0.3, -0.25) is 19.2 Å². The van der Waals surface area contributed by atoms with E-state index in [2.05, 4.69) is 30.6 Å². The molecule has 0 aromatic carbocycles. The SMILES string of the molecule is C/C=C/C(=O)CC1CCC(C)C(CC(=O)NCC(O)C(C)C(=O)NCCCC2OC3(CCCC(CCC(C)/C=C(\C)C(C)OC(C)=O)O3)CCC2C)O1. The molecule has 3 rings (SSSR count). The van der Waals surface area contributed by atoms with E-state index < -0.39 is 17.8 Å². The highest BCUT2D eigenvalue weighted by atomic mass is 16.7. The van der Waals surface area contributed by atoms with Gasteiger partial charge >= 0.3 is 5.97 Å². The van der Waals surface area contributed by atoms with Crippen LogP contribution in [0.25, 0.3) is 0 Å². The van der Waals surface area contributed by atoms with Gasteiger partial charge in [-0.1, -0.05) is 39.8 Å². The Balaban J connectivity index is 1.36. The number of ether oxygens (including phenoxy) is 4. The van der Waals surface area contributed by atoms with E-state index in [4.69, 9.17) is 18.9 Å². The molecule has 11 nitrogen and oxygen atoms in total. The Labute approximate surface area is 318 Å². The lowest BCUT2D eigenvalue weighted by Crippen LogP contribution is -2.50. The van der Waals surface area contributed by atoms with Gasteiger partial charge < -0.3 is 34.7 Å². The van der Waals surface area contributed by atoms with Gasteiger partial charge in [0, 0.05) is 39.3 Å². The second-order valence-electron chi connectivity index (χ2n) is 16.3. The Bertz CT molecular complexity index is 1250. The van der Waals surface area contributed by atoms with Crippen molar-refractivity contribution >= 4 is 23.6 Å². The van der Waals surface area contributed by atoms with Crippen molar-refractivity contribution in [1.29, 1.82) is 0 Å². The highest BCUT2D eigenvalue weighted by Crippen LogP contribution is 2.43. The summed E-state index contributed by atoms with van der Waals surface area (Å²) < 4.78 is 24.9. The van der Waals surface area contributed by atoms with E-state index in [0.717, 1.165) is 76.2 Å². The van der Waals surface area contributed by atoms with E-state index in [-0.39, 0.29) is 73.0 Å². The lowest BCUT2D eigenvalue weighted by molar-refractivity contribution is -0.324. The fourth-order valence-electron chi connectivity index (χ4n) is 7.84. The number of carbonyl (C=O) groups excluding carboxylic acids is 4. The van der Waals surface area contributed by atoms with Crippen LogP contribution >= 0.6 is 0 Å². The molecular weight excluding hydrogens is 676 g/mol. The van der Waals surface area contributed by atoms with Gasteiger partial charge in [0.25, 0.3) is 0 Å². The molecule has 2 amide bonds. The summed E-state index contributed by atoms with van der Waals surface area (Å²) in [4.78, 5) is 48.9. The fraction of sp³-hybridized carbons (Fsp3) is 0.810. The van der Waals surface area contributed by atoms with Gasteiger partial charge in [0.05, 0.1) is 42.9 Å². The number of aliphatic hydroxyl groups excluding tert-OH is 1. The standard InChI is InChI=1S/C42H70N2O9/c1-9-12-34(46)24-36-18-16-28(3)39(51-36)25-40(48)44-26-37(47)31(6)41(49)43-22-11-14-38-29(4)19-21-42(53-38)20-10-13-35(52-42)17-15-27(2)23-30(5)32(7)50-33(8)45/h9,12,23,27-29,31-32,35-39,47H,10-11,13-22,24-26H2,1-8H3,(H,43,49)(H,44,48)/b12-9+,30-23+. The van der Waals surface area contributed by atoms with Crippen LogP contribution in [0.3, 0.4) is 0 Å². The number of carbonyl (C=O) groups is 4. The predicted molar refractivity (Wildman–Crippen MR) is 205 cm³/mol. The third kappa shape index (κ3) is 15.2. The molecule has 11 heteroatoms. The molecule has 0 bridgehead atoms. The van der Waals surface area contributed by atoms with Crippen molar-refractivity contribution in [2.24, 2.45) is 23.7 Å². The van der Waals surface area contributed by atoms with Crippen molar-refractivity contribution in [3.63, 3.8) is 0 Å². The molecule has 0 aromatic rings. The summed E-state index contributed by atoms with van der Waals surface area (Å²) in [7, 11) is 0. The van der Waals surface area contributed by atoms with Gasteiger partial charge in [-0.2, -0.15) is 0 Å². The second kappa shape index (κ2) is 22.1. The Kier molecular flexibility index (Phi) is 18.7. The molecule has 1 spiro atoms. The third-order valence-corrected chi connectivity index (χ3v) is 11.5. The number of nitrogens with one attached hydrogen (secondary N) is 2. The molecule has 0 saturated carbocycles. The molecule has 3 N–H and O–H groups in total. The van der Waals surface area contributed by atoms with Crippen molar-refractivity contribution in [3.05, 3.63) is 23.8 Å². The van der Waals surface area contributed by atoms with Crippen LogP contribution in [0, 0.1) is 23.7 Å². The minimum Gasteiger partial charge on any atom is -0.458 e. The summed E-state index contributed by atoms with van der Waals surface area (Å²) in [5, 5.41) is 16.4. The molecule has 3 fully saturated rings. The first kappa shape index (κ1) is 44.8. The number of hydrogen-bond acceptors (Lipinski definition) is 9. The molecule has 3 saturated heterocycles. The monoisotopic (exact) mass is 747 g/mol. The van der Waals surface area contributed by atoms with Gasteiger partial charge in [-0.25, -0.2) is 0 Å². The highest BCUT2D eigenvalue weighted by molar-refractivity contribution is 5.89. The van der Waals surface area contributed by atoms with E-state index >= 15 is 0 Å². The summed E-state index contributed by atoms with van der Waals surface area (Å²) in [6, 6.07) is 0. The predicted octanol–water partition coefficient (Wildman–Crippen LogP) is 6.50. The van der Waals surface area contributed by atoms with Gasteiger partial charge in [0.15, 0.2) is 11.6 Å². The molecule has 11 atom stereocenters. The van der Waals surface area contributed by atoms with Crippen molar-refractivity contribution in [2.75, 3.05) is 13.1 Å². The first-order valence-electron chi connectivity index (χ1n) is 20.4. The quantitative estimate of drug-likeness (QED) is 0.0583. The number of allylic oxidation sites excluding steroid dienone is 3. The van der Waals surface area contributed by atoms with Gasteiger partial charge in [0.1, 0.15) is 6.10 Å². The molecule has 53 heavy (non-hydrogen) atoms. The highest BCUT2D eigenvalue weighted by Gasteiger charge is 2.44. The van der Waals surface area contributed by atoms with Crippen LogP contribution in [-0.2, 0) is 38.1 Å². The number of esters is 1. The van der Waals surface area contributed by atoms with Crippen molar-refractivity contribution < 1.29 is 43.2 Å². The van der Waals surface area contributed by atoms with Crippen LogP contribution in [0.15, 0.2) is 23.8 Å². The first-order valence-corrected chi connectivity index (χ1v) is 20.4.